The van der Waals surface area contributed by atoms with Gasteiger partial charge in [0.1, 0.15) is 0 Å². The summed E-state index contributed by atoms with van der Waals surface area (Å²) >= 11 is 3.38. The molecule has 3 nitrogen and oxygen atoms in total. The Hall–Kier alpha value is -0.610. The van der Waals surface area contributed by atoms with Gasteiger partial charge in [0.05, 0.1) is 11.1 Å². The summed E-state index contributed by atoms with van der Waals surface area (Å²) in [5.74, 6) is 0.672. The Morgan fingerprint density at radius 2 is 2.29 bits per heavy atom. The van der Waals surface area contributed by atoms with E-state index in [1.165, 1.54) is 0 Å². The summed E-state index contributed by atoms with van der Waals surface area (Å²) < 4.78 is 6.41. The van der Waals surface area contributed by atoms with E-state index >= 15 is 0 Å². The maximum Gasteiger partial charge on any atom is 0.227 e. The topological polar surface area (TPSA) is 25.4 Å². The van der Waals surface area contributed by atoms with E-state index in [1.54, 1.807) is 6.20 Å². The second-order valence-electron chi connectivity index (χ2n) is 3.30. The van der Waals surface area contributed by atoms with Gasteiger partial charge in [0, 0.05) is 12.7 Å². The molecule has 78 valence electrons. The zero-order chi connectivity index (χ0) is 10.4. The fourth-order valence-electron chi connectivity index (χ4n) is 1.03. The predicted octanol–water partition coefficient (Wildman–Crippen LogP) is 2.17. The number of halogens is 1. The van der Waals surface area contributed by atoms with Gasteiger partial charge >= 0.3 is 0 Å². The largest absolute Gasteiger partial charge is 0.477 e. The van der Waals surface area contributed by atoms with Gasteiger partial charge in [0.2, 0.25) is 5.88 Å². The maximum absolute atomic E-state index is 5.50. The Morgan fingerprint density at radius 1 is 1.50 bits per heavy atom. The van der Waals surface area contributed by atoms with Crippen molar-refractivity contribution < 1.29 is 4.74 Å². The van der Waals surface area contributed by atoms with Crippen molar-refractivity contribution in [1.29, 1.82) is 0 Å². The minimum Gasteiger partial charge on any atom is -0.477 e. The van der Waals surface area contributed by atoms with Crippen molar-refractivity contribution in [3.8, 4) is 5.88 Å². The van der Waals surface area contributed by atoms with Gasteiger partial charge in [0.25, 0.3) is 0 Å². The van der Waals surface area contributed by atoms with Crippen molar-refractivity contribution in [3.63, 3.8) is 0 Å². The molecule has 0 amide bonds. The maximum atomic E-state index is 5.50. The molecule has 0 fully saturated rings. The molecule has 0 N–H and O–H groups in total. The summed E-state index contributed by atoms with van der Waals surface area (Å²) in [6, 6.07) is 3.80. The van der Waals surface area contributed by atoms with Crippen molar-refractivity contribution in [2.45, 2.75) is 6.42 Å². The zero-order valence-electron chi connectivity index (χ0n) is 8.53. The monoisotopic (exact) mass is 258 g/mol. The first-order valence-electron chi connectivity index (χ1n) is 4.58. The van der Waals surface area contributed by atoms with Crippen molar-refractivity contribution in [2.24, 2.45) is 0 Å². The van der Waals surface area contributed by atoms with Crippen LogP contribution >= 0.6 is 15.9 Å². The van der Waals surface area contributed by atoms with E-state index in [1.807, 2.05) is 12.1 Å². The number of aromatic nitrogens is 1. The van der Waals surface area contributed by atoms with Crippen LogP contribution in [0.5, 0.6) is 5.88 Å². The van der Waals surface area contributed by atoms with E-state index in [9.17, 15) is 0 Å². The molecule has 4 heteroatoms. The first-order chi connectivity index (χ1) is 6.70. The molecule has 0 aromatic carbocycles. The molecular weight excluding hydrogens is 244 g/mol. The molecule has 1 aromatic heterocycles. The SMILES string of the molecule is CN(C)CCCOc1ncccc1Br. The number of hydrogen-bond donors (Lipinski definition) is 0. The van der Waals surface area contributed by atoms with Crippen LogP contribution in [0.4, 0.5) is 0 Å². The van der Waals surface area contributed by atoms with Crippen molar-refractivity contribution in [1.82, 2.24) is 9.88 Å². The van der Waals surface area contributed by atoms with Gasteiger partial charge in [-0.25, -0.2) is 4.98 Å². The molecule has 0 spiro atoms. The van der Waals surface area contributed by atoms with Crippen molar-refractivity contribution in [2.75, 3.05) is 27.2 Å². The van der Waals surface area contributed by atoms with E-state index in [4.69, 9.17) is 4.74 Å². The standard InChI is InChI=1S/C10H15BrN2O/c1-13(2)7-4-8-14-10-9(11)5-3-6-12-10/h3,5-6H,4,7-8H2,1-2H3. The molecule has 1 rings (SSSR count). The van der Waals surface area contributed by atoms with Gasteiger partial charge in [-0.2, -0.15) is 0 Å². The van der Waals surface area contributed by atoms with Crippen molar-refractivity contribution >= 4 is 15.9 Å². The molecule has 0 saturated heterocycles. The van der Waals surface area contributed by atoms with Crippen LogP contribution in [0, 0.1) is 0 Å². The van der Waals surface area contributed by atoms with Crippen LogP contribution in [-0.2, 0) is 0 Å². The lowest BCUT2D eigenvalue weighted by Gasteiger charge is -2.10. The molecule has 1 heterocycles. The number of nitrogens with zero attached hydrogens (tertiary/aromatic N) is 2. The molecule has 0 radical (unpaired) electrons. The first-order valence-corrected chi connectivity index (χ1v) is 5.37. The minimum absolute atomic E-state index is 0.672. The average molecular weight is 259 g/mol. The normalized spacial score (nSPS) is 10.6. The van der Waals surface area contributed by atoms with E-state index < -0.39 is 0 Å². The number of pyridine rings is 1. The van der Waals surface area contributed by atoms with Gasteiger partial charge in [-0.05, 0) is 48.6 Å². The summed E-state index contributed by atoms with van der Waals surface area (Å²) in [6.45, 7) is 1.73. The van der Waals surface area contributed by atoms with E-state index in [-0.39, 0.29) is 0 Å². The van der Waals surface area contributed by atoms with E-state index in [0.29, 0.717) is 12.5 Å². The quantitative estimate of drug-likeness (QED) is 0.758. The molecule has 0 aliphatic rings. The lowest BCUT2D eigenvalue weighted by atomic mass is 10.4. The van der Waals surface area contributed by atoms with Crippen LogP contribution < -0.4 is 4.74 Å². The average Bonchev–Trinajstić information content (AvgIpc) is 2.15. The molecule has 0 aliphatic heterocycles. The number of hydrogen-bond acceptors (Lipinski definition) is 3. The lowest BCUT2D eigenvalue weighted by molar-refractivity contribution is 0.271. The zero-order valence-corrected chi connectivity index (χ0v) is 10.1. The van der Waals surface area contributed by atoms with E-state index in [0.717, 1.165) is 17.4 Å². The van der Waals surface area contributed by atoms with Crippen LogP contribution in [0.15, 0.2) is 22.8 Å². The number of ether oxygens (including phenoxy) is 1. The van der Waals surface area contributed by atoms with Crippen LogP contribution in [0.2, 0.25) is 0 Å². The van der Waals surface area contributed by atoms with Crippen molar-refractivity contribution in [3.05, 3.63) is 22.8 Å². The Kier molecular flexibility index (Phi) is 4.90. The highest BCUT2D eigenvalue weighted by atomic mass is 79.9. The highest BCUT2D eigenvalue weighted by Crippen LogP contribution is 2.20. The minimum atomic E-state index is 0.672. The summed E-state index contributed by atoms with van der Waals surface area (Å²) in [7, 11) is 4.10. The Morgan fingerprint density at radius 3 is 2.93 bits per heavy atom. The van der Waals surface area contributed by atoms with Gasteiger partial charge in [-0.15, -0.1) is 0 Å². The molecule has 0 unspecified atom stereocenters. The van der Waals surface area contributed by atoms with Gasteiger partial charge in [-0.3, -0.25) is 0 Å². The summed E-state index contributed by atoms with van der Waals surface area (Å²) in [6.07, 6.45) is 2.74. The molecular formula is C10H15BrN2O. The third-order valence-corrected chi connectivity index (χ3v) is 2.32. The second kappa shape index (κ2) is 5.98. The van der Waals surface area contributed by atoms with Gasteiger partial charge < -0.3 is 9.64 Å². The predicted molar refractivity (Wildman–Crippen MR) is 60.6 cm³/mol. The molecule has 0 atom stereocenters. The molecule has 1 aromatic rings. The Labute approximate surface area is 93.2 Å². The Balaban J connectivity index is 2.28. The Bertz CT molecular complexity index is 279. The fourth-order valence-corrected chi connectivity index (χ4v) is 1.40. The smallest absolute Gasteiger partial charge is 0.227 e. The third-order valence-electron chi connectivity index (χ3n) is 1.71. The summed E-state index contributed by atoms with van der Waals surface area (Å²) in [4.78, 5) is 6.25. The molecule has 0 aliphatic carbocycles. The van der Waals surface area contributed by atoms with Crippen LogP contribution in [0.25, 0.3) is 0 Å². The summed E-state index contributed by atoms with van der Waals surface area (Å²) in [5, 5.41) is 0. The third kappa shape index (κ3) is 4.07. The number of rotatable bonds is 5. The van der Waals surface area contributed by atoms with Crippen LogP contribution in [0.3, 0.4) is 0 Å². The molecule has 0 bridgehead atoms. The second-order valence-corrected chi connectivity index (χ2v) is 4.15. The van der Waals surface area contributed by atoms with Gasteiger partial charge in [0.15, 0.2) is 0 Å². The fraction of sp³-hybridized carbons (Fsp3) is 0.500. The van der Waals surface area contributed by atoms with E-state index in [2.05, 4.69) is 39.9 Å². The lowest BCUT2D eigenvalue weighted by Crippen LogP contribution is -2.15. The molecule has 0 saturated carbocycles. The molecule has 14 heavy (non-hydrogen) atoms. The van der Waals surface area contributed by atoms with Gasteiger partial charge in [-0.1, -0.05) is 0 Å². The first kappa shape index (κ1) is 11.5. The summed E-state index contributed by atoms with van der Waals surface area (Å²) in [5.41, 5.74) is 0. The highest BCUT2D eigenvalue weighted by molar-refractivity contribution is 9.10. The van der Waals surface area contributed by atoms with Crippen LogP contribution in [0.1, 0.15) is 6.42 Å². The van der Waals surface area contributed by atoms with Crippen LogP contribution in [-0.4, -0.2) is 37.1 Å². The highest BCUT2D eigenvalue weighted by Gasteiger charge is 2.00.